The van der Waals surface area contributed by atoms with Crippen LogP contribution in [0.4, 0.5) is 0 Å². The normalized spacial score (nSPS) is 24.1. The molecular formula is C16H19N3O4. The fourth-order valence-electron chi connectivity index (χ4n) is 2.99. The van der Waals surface area contributed by atoms with Crippen LogP contribution in [0.5, 0.6) is 5.75 Å². The third-order valence-electron chi connectivity index (χ3n) is 4.32. The zero-order chi connectivity index (χ0) is 16.6. The summed E-state index contributed by atoms with van der Waals surface area (Å²) in [6, 6.07) is 5.74. The molecule has 1 aromatic carbocycles. The van der Waals surface area contributed by atoms with Gasteiger partial charge in [0.15, 0.2) is 0 Å². The van der Waals surface area contributed by atoms with Gasteiger partial charge < -0.3 is 19.9 Å². The van der Waals surface area contributed by atoms with E-state index in [1.54, 1.807) is 48.1 Å². The molecule has 0 aromatic heterocycles. The van der Waals surface area contributed by atoms with Gasteiger partial charge in [-0.05, 0) is 31.2 Å². The number of carbonyl (C=O) groups excluding carboxylic acids is 3. The van der Waals surface area contributed by atoms with Gasteiger partial charge in [-0.3, -0.25) is 14.4 Å². The molecule has 3 rings (SSSR count). The molecule has 1 N–H and O–H groups in total. The number of ether oxygens (including phenoxy) is 1. The van der Waals surface area contributed by atoms with E-state index in [2.05, 4.69) is 5.32 Å². The van der Waals surface area contributed by atoms with Gasteiger partial charge in [-0.2, -0.15) is 0 Å². The standard InChI is InChI=1S/C16H19N3O4/c1-10-15(21)19-8-7-18(9-13(19)14(20)17-10)16(22)11-3-5-12(23-2)6-4-11/h3-6,10,13H,7-9H2,1-2H3,(H,17,20)/t10-,13-/m0/s1. The van der Waals surface area contributed by atoms with Crippen molar-refractivity contribution in [3.8, 4) is 5.75 Å². The topological polar surface area (TPSA) is 79.0 Å². The van der Waals surface area contributed by atoms with Crippen LogP contribution in [0.2, 0.25) is 0 Å². The van der Waals surface area contributed by atoms with Gasteiger partial charge in [-0.25, -0.2) is 0 Å². The first-order valence-corrected chi connectivity index (χ1v) is 7.55. The largest absolute Gasteiger partial charge is 0.497 e. The Morgan fingerprint density at radius 3 is 2.57 bits per heavy atom. The van der Waals surface area contributed by atoms with Crippen LogP contribution in [0.1, 0.15) is 17.3 Å². The van der Waals surface area contributed by atoms with E-state index >= 15 is 0 Å². The number of piperazine rings is 2. The molecule has 3 amide bonds. The fraction of sp³-hybridized carbons (Fsp3) is 0.438. The minimum atomic E-state index is -0.602. The molecule has 23 heavy (non-hydrogen) atoms. The maximum atomic E-state index is 12.6. The summed E-state index contributed by atoms with van der Waals surface area (Å²) in [5.74, 6) is 0.235. The number of hydrogen-bond acceptors (Lipinski definition) is 4. The Kier molecular flexibility index (Phi) is 3.94. The van der Waals surface area contributed by atoms with E-state index in [1.807, 2.05) is 0 Å². The van der Waals surface area contributed by atoms with Crippen molar-refractivity contribution in [3.05, 3.63) is 29.8 Å². The monoisotopic (exact) mass is 317 g/mol. The predicted octanol–water partition coefficient (Wildman–Crippen LogP) is -0.133. The zero-order valence-electron chi connectivity index (χ0n) is 13.1. The van der Waals surface area contributed by atoms with Crippen molar-refractivity contribution in [2.24, 2.45) is 0 Å². The molecule has 0 unspecified atom stereocenters. The van der Waals surface area contributed by atoms with Gasteiger partial charge in [0.1, 0.15) is 17.8 Å². The first kappa shape index (κ1) is 15.3. The summed E-state index contributed by atoms with van der Waals surface area (Å²) >= 11 is 0. The average Bonchev–Trinajstić information content (AvgIpc) is 2.59. The van der Waals surface area contributed by atoms with Crippen molar-refractivity contribution in [1.82, 2.24) is 15.1 Å². The van der Waals surface area contributed by atoms with E-state index < -0.39 is 12.1 Å². The van der Waals surface area contributed by atoms with E-state index in [-0.39, 0.29) is 24.3 Å². The maximum absolute atomic E-state index is 12.6. The maximum Gasteiger partial charge on any atom is 0.254 e. The Hall–Kier alpha value is -2.57. The van der Waals surface area contributed by atoms with Crippen LogP contribution in [0.15, 0.2) is 24.3 Å². The van der Waals surface area contributed by atoms with Crippen LogP contribution in [0.3, 0.4) is 0 Å². The Balaban J connectivity index is 1.74. The average molecular weight is 317 g/mol. The van der Waals surface area contributed by atoms with Crippen LogP contribution in [-0.4, -0.2) is 66.3 Å². The molecule has 2 aliphatic rings. The molecule has 2 saturated heterocycles. The third kappa shape index (κ3) is 2.74. The summed E-state index contributed by atoms with van der Waals surface area (Å²) in [5, 5.41) is 2.66. The van der Waals surface area contributed by atoms with E-state index in [4.69, 9.17) is 4.74 Å². The number of amides is 3. The van der Waals surface area contributed by atoms with Gasteiger partial charge in [0.2, 0.25) is 11.8 Å². The molecule has 7 heteroatoms. The van der Waals surface area contributed by atoms with E-state index in [0.29, 0.717) is 24.4 Å². The van der Waals surface area contributed by atoms with Gasteiger partial charge in [0, 0.05) is 18.7 Å². The summed E-state index contributed by atoms with van der Waals surface area (Å²) in [4.78, 5) is 40.0. The van der Waals surface area contributed by atoms with Gasteiger partial charge >= 0.3 is 0 Å². The van der Waals surface area contributed by atoms with Gasteiger partial charge in [0.25, 0.3) is 5.91 Å². The number of methoxy groups -OCH3 is 1. The molecule has 1 aromatic rings. The van der Waals surface area contributed by atoms with Crippen LogP contribution in [0, 0.1) is 0 Å². The Labute approximate surface area is 134 Å². The van der Waals surface area contributed by atoms with Crippen molar-refractivity contribution in [3.63, 3.8) is 0 Å². The van der Waals surface area contributed by atoms with Crippen LogP contribution in [0.25, 0.3) is 0 Å². The number of rotatable bonds is 2. The van der Waals surface area contributed by atoms with Crippen LogP contribution < -0.4 is 10.1 Å². The SMILES string of the molecule is COc1ccc(C(=O)N2CCN3C(=O)[C@H](C)NC(=O)[C@@H]3C2)cc1. The second-order valence-corrected chi connectivity index (χ2v) is 5.76. The lowest BCUT2D eigenvalue weighted by Gasteiger charge is -2.44. The Morgan fingerprint density at radius 2 is 1.91 bits per heavy atom. The molecular weight excluding hydrogens is 298 g/mol. The van der Waals surface area contributed by atoms with Crippen molar-refractivity contribution < 1.29 is 19.1 Å². The van der Waals surface area contributed by atoms with Gasteiger partial charge in [0.05, 0.1) is 13.7 Å². The summed E-state index contributed by atoms with van der Waals surface area (Å²) in [5.41, 5.74) is 0.537. The predicted molar refractivity (Wildman–Crippen MR) is 82.0 cm³/mol. The molecule has 7 nitrogen and oxygen atoms in total. The number of nitrogens with zero attached hydrogens (tertiary/aromatic N) is 2. The highest BCUT2D eigenvalue weighted by molar-refractivity contribution is 5.99. The van der Waals surface area contributed by atoms with E-state index in [9.17, 15) is 14.4 Å². The summed E-state index contributed by atoms with van der Waals surface area (Å²) in [6.07, 6.45) is 0. The Morgan fingerprint density at radius 1 is 1.22 bits per heavy atom. The second-order valence-electron chi connectivity index (χ2n) is 5.76. The first-order chi connectivity index (χ1) is 11.0. The first-order valence-electron chi connectivity index (χ1n) is 7.55. The summed E-state index contributed by atoms with van der Waals surface area (Å²) in [6.45, 7) is 2.69. The lowest BCUT2D eigenvalue weighted by atomic mass is 10.0. The van der Waals surface area contributed by atoms with E-state index in [1.165, 1.54) is 0 Å². The summed E-state index contributed by atoms with van der Waals surface area (Å²) < 4.78 is 5.08. The molecule has 122 valence electrons. The minimum absolute atomic E-state index is 0.0915. The highest BCUT2D eigenvalue weighted by Crippen LogP contribution is 2.19. The van der Waals surface area contributed by atoms with Gasteiger partial charge in [-0.15, -0.1) is 0 Å². The molecule has 2 heterocycles. The molecule has 0 radical (unpaired) electrons. The van der Waals surface area contributed by atoms with Crippen molar-refractivity contribution >= 4 is 17.7 Å². The lowest BCUT2D eigenvalue weighted by Crippen LogP contribution is -2.69. The second kappa shape index (κ2) is 5.91. The van der Waals surface area contributed by atoms with Crippen molar-refractivity contribution in [2.45, 2.75) is 19.0 Å². The number of fused-ring (bicyclic) bond motifs is 1. The molecule has 0 saturated carbocycles. The fourth-order valence-corrected chi connectivity index (χ4v) is 2.99. The molecule has 2 aliphatic heterocycles. The summed E-state index contributed by atoms with van der Waals surface area (Å²) in [7, 11) is 1.57. The minimum Gasteiger partial charge on any atom is -0.497 e. The lowest BCUT2D eigenvalue weighted by molar-refractivity contribution is -0.151. The highest BCUT2D eigenvalue weighted by atomic mass is 16.5. The van der Waals surface area contributed by atoms with Crippen molar-refractivity contribution in [1.29, 1.82) is 0 Å². The molecule has 0 aliphatic carbocycles. The smallest absolute Gasteiger partial charge is 0.254 e. The highest BCUT2D eigenvalue weighted by Gasteiger charge is 2.42. The molecule has 2 atom stereocenters. The van der Waals surface area contributed by atoms with Crippen LogP contribution >= 0.6 is 0 Å². The number of carbonyl (C=O) groups is 3. The van der Waals surface area contributed by atoms with E-state index in [0.717, 1.165) is 0 Å². The molecule has 2 fully saturated rings. The van der Waals surface area contributed by atoms with Crippen LogP contribution in [-0.2, 0) is 9.59 Å². The number of hydrogen-bond donors (Lipinski definition) is 1. The number of benzene rings is 1. The Bertz CT molecular complexity index is 643. The molecule has 0 spiro atoms. The zero-order valence-corrected chi connectivity index (χ0v) is 13.1. The quantitative estimate of drug-likeness (QED) is 0.824. The molecule has 0 bridgehead atoms. The van der Waals surface area contributed by atoms with Gasteiger partial charge in [-0.1, -0.05) is 0 Å². The number of nitrogens with one attached hydrogen (secondary N) is 1. The van der Waals surface area contributed by atoms with Crippen molar-refractivity contribution in [2.75, 3.05) is 26.7 Å². The third-order valence-corrected chi connectivity index (χ3v) is 4.32.